The molecule has 186 valence electrons. The zero-order valence-electron chi connectivity index (χ0n) is 20.7. The number of morpholine rings is 2. The average Bonchev–Trinajstić information content (AvgIpc) is 2.87. The van der Waals surface area contributed by atoms with Crippen molar-refractivity contribution in [3.05, 3.63) is 35.9 Å². The van der Waals surface area contributed by atoms with Crippen molar-refractivity contribution in [3.8, 4) is 17.0 Å². The van der Waals surface area contributed by atoms with Gasteiger partial charge < -0.3 is 24.0 Å². The molecule has 8 nitrogen and oxygen atoms in total. The van der Waals surface area contributed by atoms with E-state index in [1.807, 2.05) is 24.3 Å². The Balaban J connectivity index is 1.63. The van der Waals surface area contributed by atoms with E-state index < -0.39 is 0 Å². The number of pyridine rings is 1. The number of nitrogens with zero attached hydrogens (tertiary/aromatic N) is 5. The maximum atomic E-state index is 6.16. The highest BCUT2D eigenvalue weighted by molar-refractivity contribution is 6.17. The molecule has 2 saturated heterocycles. The van der Waals surface area contributed by atoms with E-state index in [-0.39, 0.29) is 18.2 Å². The van der Waals surface area contributed by atoms with Crippen molar-refractivity contribution in [1.82, 2.24) is 15.0 Å². The lowest BCUT2D eigenvalue weighted by Crippen LogP contribution is -2.47. The zero-order valence-corrected chi connectivity index (χ0v) is 21.5. The van der Waals surface area contributed by atoms with Gasteiger partial charge in [0.15, 0.2) is 5.65 Å². The van der Waals surface area contributed by atoms with E-state index in [4.69, 9.17) is 40.8 Å². The van der Waals surface area contributed by atoms with Crippen LogP contribution in [-0.4, -0.2) is 73.2 Å². The number of hydrogen-bond acceptors (Lipinski definition) is 8. The van der Waals surface area contributed by atoms with E-state index >= 15 is 0 Å². The molecule has 0 N–H and O–H groups in total. The van der Waals surface area contributed by atoms with E-state index in [1.165, 1.54) is 0 Å². The minimum absolute atomic E-state index is 0.108. The summed E-state index contributed by atoms with van der Waals surface area (Å²) in [6.07, 6.45) is 0.216. The first-order valence-corrected chi connectivity index (χ1v) is 12.7. The number of alkyl halides is 1. The van der Waals surface area contributed by atoms with Crippen molar-refractivity contribution >= 4 is 34.4 Å². The average molecular weight is 498 g/mol. The number of hydrogen-bond donors (Lipinski definition) is 0. The molecule has 0 amide bonds. The predicted molar refractivity (Wildman–Crippen MR) is 139 cm³/mol. The van der Waals surface area contributed by atoms with Crippen LogP contribution in [0.25, 0.3) is 22.3 Å². The highest BCUT2D eigenvalue weighted by Crippen LogP contribution is 2.32. The van der Waals surface area contributed by atoms with Crippen molar-refractivity contribution < 1.29 is 14.2 Å². The van der Waals surface area contributed by atoms with Crippen LogP contribution in [0.2, 0.25) is 0 Å². The van der Waals surface area contributed by atoms with E-state index in [9.17, 15) is 0 Å². The molecule has 0 radical (unpaired) electrons. The van der Waals surface area contributed by atoms with Crippen LogP contribution in [0, 0.1) is 0 Å². The van der Waals surface area contributed by atoms with Crippen molar-refractivity contribution in [3.63, 3.8) is 0 Å². The van der Waals surface area contributed by atoms with Gasteiger partial charge in [0.2, 0.25) is 5.95 Å². The van der Waals surface area contributed by atoms with Gasteiger partial charge in [-0.1, -0.05) is 0 Å². The molecular formula is C26H32ClN5O3. The number of methoxy groups -OCH3 is 1. The topological polar surface area (TPSA) is 72.8 Å². The highest BCUT2D eigenvalue weighted by atomic mass is 35.5. The fraction of sp³-hybridized carbons (Fsp3) is 0.500. The first-order valence-electron chi connectivity index (χ1n) is 12.1. The molecular weight excluding hydrogens is 466 g/mol. The molecule has 9 heteroatoms. The van der Waals surface area contributed by atoms with Crippen LogP contribution in [-0.2, 0) is 15.4 Å². The van der Waals surface area contributed by atoms with Gasteiger partial charge in [-0.15, -0.1) is 11.6 Å². The molecule has 35 heavy (non-hydrogen) atoms. The quantitative estimate of drug-likeness (QED) is 0.484. The Kier molecular flexibility index (Phi) is 6.95. The fourth-order valence-electron chi connectivity index (χ4n) is 4.93. The lowest BCUT2D eigenvalue weighted by molar-refractivity contribution is -0.00570. The number of aromatic nitrogens is 3. The van der Waals surface area contributed by atoms with Gasteiger partial charge in [-0.25, -0.2) is 4.98 Å². The second kappa shape index (κ2) is 10.1. The Labute approximate surface area is 211 Å². The van der Waals surface area contributed by atoms with Crippen LogP contribution in [0.4, 0.5) is 11.8 Å². The first kappa shape index (κ1) is 24.0. The Bertz CT molecular complexity index is 1200. The van der Waals surface area contributed by atoms with Gasteiger partial charge in [0, 0.05) is 30.8 Å². The summed E-state index contributed by atoms with van der Waals surface area (Å²) in [6, 6.07) is 10.3. The van der Waals surface area contributed by atoms with E-state index in [0.29, 0.717) is 30.7 Å². The van der Waals surface area contributed by atoms with Gasteiger partial charge in [0.1, 0.15) is 11.6 Å². The van der Waals surface area contributed by atoms with Crippen molar-refractivity contribution in [2.24, 2.45) is 0 Å². The number of halogens is 1. The van der Waals surface area contributed by atoms with Gasteiger partial charge in [0.25, 0.3) is 0 Å². The second-order valence-corrected chi connectivity index (χ2v) is 9.62. The summed E-state index contributed by atoms with van der Waals surface area (Å²) in [5.74, 6) is 2.73. The third kappa shape index (κ3) is 4.87. The molecule has 5 rings (SSSR count). The Hall–Kier alpha value is -2.68. The van der Waals surface area contributed by atoms with Crippen LogP contribution in [0.3, 0.4) is 0 Å². The number of benzene rings is 1. The molecule has 3 atom stereocenters. The monoisotopic (exact) mass is 497 g/mol. The molecule has 2 fully saturated rings. The largest absolute Gasteiger partial charge is 0.496 e. The molecule has 0 bridgehead atoms. The number of ether oxygens (including phenoxy) is 3. The summed E-state index contributed by atoms with van der Waals surface area (Å²) in [5.41, 5.74) is 3.41. The third-order valence-electron chi connectivity index (χ3n) is 6.59. The summed E-state index contributed by atoms with van der Waals surface area (Å²) >= 11 is 6.16. The zero-order chi connectivity index (χ0) is 24.5. The van der Waals surface area contributed by atoms with Crippen molar-refractivity contribution in [2.75, 3.05) is 49.8 Å². The van der Waals surface area contributed by atoms with Crippen molar-refractivity contribution in [1.29, 1.82) is 0 Å². The molecule has 0 saturated carbocycles. The molecule has 4 heterocycles. The van der Waals surface area contributed by atoms with E-state index in [2.05, 4.69) is 36.6 Å². The predicted octanol–water partition coefficient (Wildman–Crippen LogP) is 4.28. The molecule has 2 aromatic heterocycles. The summed E-state index contributed by atoms with van der Waals surface area (Å²) in [7, 11) is 1.65. The van der Waals surface area contributed by atoms with Gasteiger partial charge in [0.05, 0.1) is 55.5 Å². The minimum atomic E-state index is 0.108. The standard InChI is InChI=1S/C26H32ClN5O3/c1-16-15-34-10-9-32(16)25-21-6-7-22(19-5-8-23(33-4)20(11-19)12-27)28-24(21)29-26(30-25)31-13-17(2)35-18(3)14-31/h5-8,11,16-18H,9-10,12-15H2,1-4H3/t16-,17-,18+/m0/s1. The SMILES string of the molecule is COc1ccc(-c2ccc3c(N4CCOC[C@@H]4C)nc(N4C[C@@H](C)O[C@@H](C)C4)nc3n2)cc1CCl. The third-order valence-corrected chi connectivity index (χ3v) is 6.88. The van der Waals surface area contributed by atoms with Crippen molar-refractivity contribution in [2.45, 2.75) is 44.9 Å². The van der Waals surface area contributed by atoms with Gasteiger partial charge in [-0.3, -0.25) is 0 Å². The van der Waals surface area contributed by atoms with Gasteiger partial charge in [-0.2, -0.15) is 9.97 Å². The molecule has 3 aromatic rings. The minimum Gasteiger partial charge on any atom is -0.496 e. The van der Waals surface area contributed by atoms with Gasteiger partial charge >= 0.3 is 0 Å². The lowest BCUT2D eigenvalue weighted by Gasteiger charge is -2.37. The summed E-state index contributed by atoms with van der Waals surface area (Å²) < 4.78 is 17.1. The smallest absolute Gasteiger partial charge is 0.229 e. The summed E-state index contributed by atoms with van der Waals surface area (Å²) in [4.78, 5) is 19.5. The van der Waals surface area contributed by atoms with Crippen LogP contribution < -0.4 is 14.5 Å². The van der Waals surface area contributed by atoms with Crippen LogP contribution in [0.1, 0.15) is 26.3 Å². The van der Waals surface area contributed by atoms with Gasteiger partial charge in [-0.05, 0) is 51.1 Å². The molecule has 0 spiro atoms. The van der Waals surface area contributed by atoms with E-state index in [0.717, 1.165) is 53.4 Å². The molecule has 1 aromatic carbocycles. The summed E-state index contributed by atoms with van der Waals surface area (Å²) in [6.45, 7) is 9.95. The second-order valence-electron chi connectivity index (χ2n) is 9.35. The fourth-order valence-corrected chi connectivity index (χ4v) is 5.14. The Morgan fingerprint density at radius 1 is 1.06 bits per heavy atom. The molecule has 2 aliphatic heterocycles. The molecule has 0 aliphatic carbocycles. The van der Waals surface area contributed by atoms with Crippen LogP contribution in [0.5, 0.6) is 5.75 Å². The Morgan fingerprint density at radius 3 is 2.57 bits per heavy atom. The highest BCUT2D eigenvalue weighted by Gasteiger charge is 2.28. The van der Waals surface area contributed by atoms with Crippen LogP contribution in [0.15, 0.2) is 30.3 Å². The number of fused-ring (bicyclic) bond motifs is 1. The lowest BCUT2D eigenvalue weighted by atomic mass is 10.1. The summed E-state index contributed by atoms with van der Waals surface area (Å²) in [5, 5.41) is 0.937. The maximum absolute atomic E-state index is 6.16. The number of anilines is 2. The molecule has 2 aliphatic rings. The normalized spacial score (nSPS) is 23.1. The van der Waals surface area contributed by atoms with E-state index in [1.54, 1.807) is 7.11 Å². The first-order chi connectivity index (χ1) is 17.0. The van der Waals surface area contributed by atoms with Crippen LogP contribution >= 0.6 is 11.6 Å². The molecule has 0 unspecified atom stereocenters. The maximum Gasteiger partial charge on any atom is 0.229 e. The number of rotatable bonds is 5. The Morgan fingerprint density at radius 2 is 1.86 bits per heavy atom.